The summed E-state index contributed by atoms with van der Waals surface area (Å²) in [6.45, 7) is 1.03. The normalized spacial score (nSPS) is 10.9. The second kappa shape index (κ2) is 8.42. The first-order valence-corrected chi connectivity index (χ1v) is 4.63. The third-order valence-corrected chi connectivity index (χ3v) is 1.60. The average molecular weight is 230 g/mol. The number of aldehydes is 1. The topological polar surface area (TPSA) is 116 Å². The average Bonchev–Trinajstić information content (AvgIpc) is 2.20. The summed E-state index contributed by atoms with van der Waals surface area (Å²) in [5.74, 6) is -2.11. The maximum absolute atomic E-state index is 10.5. The minimum absolute atomic E-state index is 0.00989. The molecule has 90 valence electrons. The SMILES string of the molecule is O=CC=C(NCCNCCC(=O)O)C(=O)O. The molecule has 4 N–H and O–H groups in total. The third kappa shape index (κ3) is 7.51. The maximum Gasteiger partial charge on any atom is 0.352 e. The lowest BCUT2D eigenvalue weighted by Gasteiger charge is -2.06. The van der Waals surface area contributed by atoms with Crippen LogP contribution in [0.5, 0.6) is 0 Å². The molecule has 0 radical (unpaired) electrons. The van der Waals surface area contributed by atoms with Gasteiger partial charge in [0.2, 0.25) is 0 Å². The van der Waals surface area contributed by atoms with Gasteiger partial charge in [0.25, 0.3) is 0 Å². The van der Waals surface area contributed by atoms with E-state index in [1.54, 1.807) is 0 Å². The van der Waals surface area contributed by atoms with Gasteiger partial charge in [-0.15, -0.1) is 0 Å². The fourth-order valence-corrected chi connectivity index (χ4v) is 0.880. The van der Waals surface area contributed by atoms with Crippen LogP contribution < -0.4 is 10.6 Å². The van der Waals surface area contributed by atoms with E-state index in [2.05, 4.69) is 10.6 Å². The van der Waals surface area contributed by atoms with Crippen LogP contribution in [0.15, 0.2) is 11.8 Å². The van der Waals surface area contributed by atoms with Crippen molar-refractivity contribution in [2.24, 2.45) is 0 Å². The minimum atomic E-state index is -1.21. The Morgan fingerprint density at radius 2 is 1.81 bits per heavy atom. The van der Waals surface area contributed by atoms with Gasteiger partial charge in [-0.2, -0.15) is 0 Å². The fourth-order valence-electron chi connectivity index (χ4n) is 0.880. The molecule has 0 aliphatic rings. The van der Waals surface area contributed by atoms with Crippen LogP contribution >= 0.6 is 0 Å². The Morgan fingerprint density at radius 3 is 2.31 bits per heavy atom. The van der Waals surface area contributed by atoms with E-state index in [0.29, 0.717) is 25.9 Å². The highest BCUT2D eigenvalue weighted by Gasteiger charge is 2.04. The molecule has 0 spiro atoms. The van der Waals surface area contributed by atoms with E-state index < -0.39 is 11.9 Å². The minimum Gasteiger partial charge on any atom is -0.481 e. The van der Waals surface area contributed by atoms with Crippen LogP contribution in [-0.2, 0) is 14.4 Å². The van der Waals surface area contributed by atoms with Gasteiger partial charge in [0.15, 0.2) is 0 Å². The Balaban J connectivity index is 3.64. The first-order chi connectivity index (χ1) is 7.57. The van der Waals surface area contributed by atoms with Crippen LogP contribution in [0.2, 0.25) is 0 Å². The lowest BCUT2D eigenvalue weighted by molar-refractivity contribution is -0.137. The van der Waals surface area contributed by atoms with E-state index in [1.165, 1.54) is 0 Å². The predicted molar refractivity (Wildman–Crippen MR) is 54.9 cm³/mol. The highest BCUT2D eigenvalue weighted by Crippen LogP contribution is 1.85. The van der Waals surface area contributed by atoms with Gasteiger partial charge >= 0.3 is 11.9 Å². The quantitative estimate of drug-likeness (QED) is 0.223. The molecule has 7 heteroatoms. The number of rotatable bonds is 9. The number of carbonyl (C=O) groups is 3. The number of hydrogen-bond acceptors (Lipinski definition) is 5. The summed E-state index contributed by atoms with van der Waals surface area (Å²) in [5.41, 5.74) is -0.185. The molecule has 0 aliphatic carbocycles. The lowest BCUT2D eigenvalue weighted by Crippen LogP contribution is -2.30. The van der Waals surface area contributed by atoms with Crippen molar-refractivity contribution < 1.29 is 24.6 Å². The zero-order valence-corrected chi connectivity index (χ0v) is 8.60. The first kappa shape index (κ1) is 14.1. The third-order valence-electron chi connectivity index (χ3n) is 1.60. The van der Waals surface area contributed by atoms with Gasteiger partial charge in [-0.1, -0.05) is 0 Å². The molecular formula is C9H14N2O5. The highest BCUT2D eigenvalue weighted by atomic mass is 16.4. The van der Waals surface area contributed by atoms with E-state index in [0.717, 1.165) is 6.08 Å². The van der Waals surface area contributed by atoms with Crippen LogP contribution in [0.3, 0.4) is 0 Å². The van der Waals surface area contributed by atoms with E-state index in [-0.39, 0.29) is 12.1 Å². The standard InChI is InChI=1S/C9H14N2O5/c12-6-2-7(9(15)16)11-5-4-10-3-1-8(13)14/h2,6,10-11H,1,3-5H2,(H,13,14)(H,15,16). The monoisotopic (exact) mass is 230 g/mol. The van der Waals surface area contributed by atoms with Gasteiger partial charge in [-0.25, -0.2) is 4.79 Å². The number of carbonyl (C=O) groups excluding carboxylic acids is 1. The molecule has 0 unspecified atom stereocenters. The van der Waals surface area contributed by atoms with Crippen LogP contribution in [0.25, 0.3) is 0 Å². The number of nitrogens with one attached hydrogen (secondary N) is 2. The summed E-state index contributed by atoms with van der Waals surface area (Å²) in [6.07, 6.45) is 1.31. The van der Waals surface area contributed by atoms with Crippen molar-refractivity contribution in [1.29, 1.82) is 0 Å². The summed E-state index contributed by atoms with van der Waals surface area (Å²) in [6, 6.07) is 0. The molecule has 0 saturated carbocycles. The van der Waals surface area contributed by atoms with Crippen LogP contribution in [0, 0.1) is 0 Å². The summed E-state index contributed by atoms with van der Waals surface area (Å²) in [5, 5.41) is 22.2. The van der Waals surface area contributed by atoms with E-state index in [4.69, 9.17) is 10.2 Å². The second-order valence-corrected chi connectivity index (χ2v) is 2.84. The van der Waals surface area contributed by atoms with E-state index in [9.17, 15) is 14.4 Å². The summed E-state index contributed by atoms with van der Waals surface area (Å²) < 4.78 is 0. The molecular weight excluding hydrogens is 216 g/mol. The van der Waals surface area contributed by atoms with E-state index >= 15 is 0 Å². The van der Waals surface area contributed by atoms with Gasteiger partial charge in [-0.05, 0) is 0 Å². The number of carboxylic acids is 2. The molecule has 0 heterocycles. The Hall–Kier alpha value is -1.89. The molecule has 0 rings (SSSR count). The Morgan fingerprint density at radius 1 is 1.12 bits per heavy atom. The van der Waals surface area contributed by atoms with Crippen molar-refractivity contribution in [3.05, 3.63) is 11.8 Å². The van der Waals surface area contributed by atoms with Crippen LogP contribution in [-0.4, -0.2) is 48.1 Å². The van der Waals surface area contributed by atoms with Gasteiger partial charge in [0.1, 0.15) is 12.0 Å². The molecule has 0 saturated heterocycles. The highest BCUT2D eigenvalue weighted by molar-refractivity contribution is 5.90. The number of allylic oxidation sites excluding steroid dienone is 1. The van der Waals surface area contributed by atoms with Crippen molar-refractivity contribution >= 4 is 18.2 Å². The molecule has 16 heavy (non-hydrogen) atoms. The predicted octanol–water partition coefficient (Wildman–Crippen LogP) is -1.19. The summed E-state index contributed by atoms with van der Waals surface area (Å²) in [4.78, 5) is 30.7. The number of hydrogen-bond donors (Lipinski definition) is 4. The van der Waals surface area contributed by atoms with Crippen molar-refractivity contribution in [2.45, 2.75) is 6.42 Å². The van der Waals surface area contributed by atoms with Crippen molar-refractivity contribution in [3.8, 4) is 0 Å². The molecule has 0 aromatic rings. The maximum atomic E-state index is 10.5. The molecule has 0 aliphatic heterocycles. The summed E-state index contributed by atoms with van der Waals surface area (Å²) >= 11 is 0. The van der Waals surface area contributed by atoms with Gasteiger partial charge in [-0.3, -0.25) is 9.59 Å². The van der Waals surface area contributed by atoms with Crippen molar-refractivity contribution in [2.75, 3.05) is 19.6 Å². The Bertz CT molecular complexity index is 288. The molecule has 0 aromatic carbocycles. The molecule has 7 nitrogen and oxygen atoms in total. The molecule has 0 atom stereocenters. The number of aliphatic carboxylic acids is 2. The lowest BCUT2D eigenvalue weighted by atomic mass is 10.4. The van der Waals surface area contributed by atoms with Gasteiger partial charge in [0.05, 0.1) is 6.42 Å². The van der Waals surface area contributed by atoms with Crippen molar-refractivity contribution in [3.63, 3.8) is 0 Å². The first-order valence-electron chi connectivity index (χ1n) is 4.63. The fraction of sp³-hybridized carbons (Fsp3) is 0.444. The molecule has 0 aromatic heterocycles. The largest absolute Gasteiger partial charge is 0.481 e. The van der Waals surface area contributed by atoms with E-state index in [1.807, 2.05) is 0 Å². The zero-order valence-electron chi connectivity index (χ0n) is 8.60. The zero-order chi connectivity index (χ0) is 12.4. The van der Waals surface area contributed by atoms with Gasteiger partial charge < -0.3 is 20.8 Å². The van der Waals surface area contributed by atoms with Crippen LogP contribution in [0.4, 0.5) is 0 Å². The Kier molecular flexibility index (Phi) is 7.43. The molecule has 0 bridgehead atoms. The smallest absolute Gasteiger partial charge is 0.352 e. The Labute approximate surface area is 92.1 Å². The van der Waals surface area contributed by atoms with Crippen molar-refractivity contribution in [1.82, 2.24) is 10.6 Å². The summed E-state index contributed by atoms with van der Waals surface area (Å²) in [7, 11) is 0. The van der Waals surface area contributed by atoms with Gasteiger partial charge in [0, 0.05) is 25.7 Å². The second-order valence-electron chi connectivity index (χ2n) is 2.84. The van der Waals surface area contributed by atoms with Crippen LogP contribution in [0.1, 0.15) is 6.42 Å². The molecule has 0 amide bonds. The number of carboxylic acid groups (broad SMARTS) is 2. The molecule has 0 fully saturated rings.